The van der Waals surface area contributed by atoms with Crippen molar-refractivity contribution in [1.29, 1.82) is 0 Å². The van der Waals surface area contributed by atoms with E-state index in [4.69, 9.17) is 9.52 Å². The number of furan rings is 1. The number of nitrogens with zero attached hydrogens (tertiary/aromatic N) is 1. The Labute approximate surface area is 112 Å². The molecule has 0 aliphatic heterocycles. The molecule has 19 heavy (non-hydrogen) atoms. The summed E-state index contributed by atoms with van der Waals surface area (Å²) in [6, 6.07) is 3.27. The molecule has 1 N–H and O–H groups in total. The maximum absolute atomic E-state index is 12.3. The van der Waals surface area contributed by atoms with Crippen molar-refractivity contribution < 1.29 is 19.1 Å². The molecule has 1 heterocycles. The summed E-state index contributed by atoms with van der Waals surface area (Å²) in [5, 5.41) is 9.13. The first-order valence-electron chi connectivity index (χ1n) is 6.59. The lowest BCUT2D eigenvalue weighted by Gasteiger charge is -2.43. The van der Waals surface area contributed by atoms with E-state index in [9.17, 15) is 9.59 Å². The predicted molar refractivity (Wildman–Crippen MR) is 68.9 cm³/mol. The molecule has 1 aliphatic rings. The van der Waals surface area contributed by atoms with Gasteiger partial charge in [-0.3, -0.25) is 9.59 Å². The van der Waals surface area contributed by atoms with E-state index in [1.54, 1.807) is 24.1 Å². The van der Waals surface area contributed by atoms with Crippen LogP contribution in [0.1, 0.15) is 49.1 Å². The number of carboxylic acids is 1. The lowest BCUT2D eigenvalue weighted by atomic mass is 9.78. The van der Waals surface area contributed by atoms with Crippen LogP contribution in [0.3, 0.4) is 0 Å². The summed E-state index contributed by atoms with van der Waals surface area (Å²) in [5.41, 5.74) is -0.575. The van der Waals surface area contributed by atoms with Crippen LogP contribution in [0, 0.1) is 0 Å². The molecular formula is C14H19NO4. The zero-order valence-corrected chi connectivity index (χ0v) is 11.1. The van der Waals surface area contributed by atoms with Crippen molar-refractivity contribution in [3.05, 3.63) is 24.2 Å². The molecule has 0 spiro atoms. The van der Waals surface area contributed by atoms with Gasteiger partial charge < -0.3 is 14.4 Å². The Balaban J connectivity index is 2.22. The number of hydrogen-bond acceptors (Lipinski definition) is 3. The third-order valence-electron chi connectivity index (χ3n) is 4.01. The quantitative estimate of drug-likeness (QED) is 0.908. The van der Waals surface area contributed by atoms with Gasteiger partial charge in [-0.1, -0.05) is 19.3 Å². The van der Waals surface area contributed by atoms with Crippen LogP contribution in [0.5, 0.6) is 0 Å². The molecule has 1 aromatic heterocycles. The molecule has 0 aromatic carbocycles. The minimum atomic E-state index is -0.860. The van der Waals surface area contributed by atoms with E-state index in [0.717, 1.165) is 32.1 Å². The standard InChI is InChI=1S/C14H19NO4/c1-15(13(18)11-6-5-9-19-11)14(10-12(16)17)7-3-2-4-8-14/h5-6,9H,2-4,7-8,10H2,1H3,(H,16,17). The van der Waals surface area contributed by atoms with Crippen molar-refractivity contribution in [1.82, 2.24) is 4.90 Å². The minimum Gasteiger partial charge on any atom is -0.481 e. The predicted octanol–water partition coefficient (Wildman–Crippen LogP) is 2.53. The van der Waals surface area contributed by atoms with Crippen LogP contribution in [0.15, 0.2) is 22.8 Å². The van der Waals surface area contributed by atoms with Gasteiger partial charge in [0.2, 0.25) is 0 Å². The van der Waals surface area contributed by atoms with E-state index in [1.165, 1.54) is 6.26 Å². The fraction of sp³-hybridized carbons (Fsp3) is 0.571. The molecule has 0 unspecified atom stereocenters. The number of carbonyl (C=O) groups excluding carboxylic acids is 1. The van der Waals surface area contributed by atoms with Gasteiger partial charge in [-0.2, -0.15) is 0 Å². The Morgan fingerprint density at radius 1 is 1.37 bits per heavy atom. The normalized spacial score (nSPS) is 17.9. The summed E-state index contributed by atoms with van der Waals surface area (Å²) < 4.78 is 5.12. The molecule has 5 nitrogen and oxygen atoms in total. The Bertz CT molecular complexity index is 446. The van der Waals surface area contributed by atoms with Crippen LogP contribution in [0.25, 0.3) is 0 Å². The molecule has 0 atom stereocenters. The Morgan fingerprint density at radius 2 is 2.05 bits per heavy atom. The van der Waals surface area contributed by atoms with Crippen LogP contribution < -0.4 is 0 Å². The second-order valence-electron chi connectivity index (χ2n) is 5.20. The minimum absolute atomic E-state index is 0.00402. The van der Waals surface area contributed by atoms with E-state index in [2.05, 4.69) is 0 Å². The number of carboxylic acid groups (broad SMARTS) is 1. The van der Waals surface area contributed by atoms with Gasteiger partial charge in [0.05, 0.1) is 18.2 Å². The smallest absolute Gasteiger partial charge is 0.305 e. The van der Waals surface area contributed by atoms with Gasteiger partial charge in [0.15, 0.2) is 5.76 Å². The maximum Gasteiger partial charge on any atom is 0.305 e. The van der Waals surface area contributed by atoms with E-state index >= 15 is 0 Å². The van der Waals surface area contributed by atoms with Gasteiger partial charge in [-0.05, 0) is 25.0 Å². The van der Waals surface area contributed by atoms with Crippen LogP contribution >= 0.6 is 0 Å². The molecule has 0 bridgehead atoms. The lowest BCUT2D eigenvalue weighted by molar-refractivity contribution is -0.140. The van der Waals surface area contributed by atoms with Crippen molar-refractivity contribution >= 4 is 11.9 Å². The van der Waals surface area contributed by atoms with Gasteiger partial charge >= 0.3 is 5.97 Å². The molecule has 1 amide bonds. The molecule has 1 aliphatic carbocycles. The summed E-state index contributed by atoms with van der Waals surface area (Å²) in [6.07, 6.45) is 5.95. The second-order valence-corrected chi connectivity index (χ2v) is 5.20. The van der Waals surface area contributed by atoms with Crippen molar-refractivity contribution in [2.75, 3.05) is 7.05 Å². The summed E-state index contributed by atoms with van der Waals surface area (Å²) >= 11 is 0. The molecular weight excluding hydrogens is 246 g/mol. The first-order valence-corrected chi connectivity index (χ1v) is 6.59. The summed E-state index contributed by atoms with van der Waals surface area (Å²) in [7, 11) is 1.68. The Kier molecular flexibility index (Phi) is 3.93. The highest BCUT2D eigenvalue weighted by Crippen LogP contribution is 2.36. The number of amides is 1. The van der Waals surface area contributed by atoms with Crippen LogP contribution in [-0.2, 0) is 4.79 Å². The zero-order valence-electron chi connectivity index (χ0n) is 11.1. The van der Waals surface area contributed by atoms with Crippen molar-refractivity contribution in [2.45, 2.75) is 44.1 Å². The van der Waals surface area contributed by atoms with Crippen molar-refractivity contribution in [2.24, 2.45) is 0 Å². The average Bonchev–Trinajstić information content (AvgIpc) is 2.91. The average molecular weight is 265 g/mol. The molecule has 1 fully saturated rings. The highest BCUT2D eigenvalue weighted by Gasteiger charge is 2.41. The summed E-state index contributed by atoms with van der Waals surface area (Å²) in [5.74, 6) is -0.841. The molecule has 0 saturated heterocycles. The first kappa shape index (κ1) is 13.6. The SMILES string of the molecule is CN(C(=O)c1ccco1)C1(CC(=O)O)CCCCC1. The highest BCUT2D eigenvalue weighted by atomic mass is 16.4. The molecule has 0 radical (unpaired) electrons. The summed E-state index contributed by atoms with van der Waals surface area (Å²) in [6.45, 7) is 0. The molecule has 2 rings (SSSR count). The Hall–Kier alpha value is -1.78. The number of rotatable bonds is 4. The number of hydrogen-bond donors (Lipinski definition) is 1. The van der Waals surface area contributed by atoms with Gasteiger partial charge in [0, 0.05) is 7.05 Å². The topological polar surface area (TPSA) is 70.8 Å². The van der Waals surface area contributed by atoms with Gasteiger partial charge in [0.1, 0.15) is 0 Å². The van der Waals surface area contributed by atoms with Gasteiger partial charge in [0.25, 0.3) is 5.91 Å². The number of carbonyl (C=O) groups is 2. The molecule has 104 valence electrons. The Morgan fingerprint density at radius 3 is 2.58 bits per heavy atom. The molecule has 1 aromatic rings. The zero-order chi connectivity index (χ0) is 13.9. The monoisotopic (exact) mass is 265 g/mol. The number of aliphatic carboxylic acids is 1. The van der Waals surface area contributed by atoms with E-state index < -0.39 is 11.5 Å². The third-order valence-corrected chi connectivity index (χ3v) is 4.01. The van der Waals surface area contributed by atoms with Crippen LogP contribution in [0.2, 0.25) is 0 Å². The van der Waals surface area contributed by atoms with E-state index in [1.807, 2.05) is 0 Å². The van der Waals surface area contributed by atoms with Crippen molar-refractivity contribution in [3.63, 3.8) is 0 Å². The highest BCUT2D eigenvalue weighted by molar-refractivity contribution is 5.92. The summed E-state index contributed by atoms with van der Waals surface area (Å²) in [4.78, 5) is 25.0. The van der Waals surface area contributed by atoms with E-state index in [0.29, 0.717) is 0 Å². The maximum atomic E-state index is 12.3. The van der Waals surface area contributed by atoms with Crippen LogP contribution in [0.4, 0.5) is 0 Å². The van der Waals surface area contributed by atoms with Crippen molar-refractivity contribution in [3.8, 4) is 0 Å². The molecule has 5 heteroatoms. The largest absolute Gasteiger partial charge is 0.481 e. The fourth-order valence-electron chi connectivity index (χ4n) is 2.90. The molecule has 1 saturated carbocycles. The lowest BCUT2D eigenvalue weighted by Crippen LogP contribution is -2.52. The second kappa shape index (κ2) is 5.47. The van der Waals surface area contributed by atoms with Gasteiger partial charge in [-0.15, -0.1) is 0 Å². The van der Waals surface area contributed by atoms with E-state index in [-0.39, 0.29) is 18.1 Å². The fourth-order valence-corrected chi connectivity index (χ4v) is 2.90. The first-order chi connectivity index (χ1) is 9.05. The van der Waals surface area contributed by atoms with Crippen LogP contribution in [-0.4, -0.2) is 34.5 Å². The third kappa shape index (κ3) is 2.80. The van der Waals surface area contributed by atoms with Gasteiger partial charge in [-0.25, -0.2) is 0 Å².